The third-order valence-electron chi connectivity index (χ3n) is 5.71. The van der Waals surface area contributed by atoms with E-state index >= 15 is 0 Å². The molecule has 1 fully saturated rings. The van der Waals surface area contributed by atoms with E-state index < -0.39 is 0 Å². The first-order chi connectivity index (χ1) is 13.3. The topological polar surface area (TPSA) is 98.3 Å². The number of amides is 2. The number of rotatable bonds is 2. The van der Waals surface area contributed by atoms with Gasteiger partial charge in [0.1, 0.15) is 11.6 Å². The molecule has 28 heavy (non-hydrogen) atoms. The highest BCUT2D eigenvalue weighted by atomic mass is 16.3. The molecule has 3 N–H and O–H groups in total. The highest BCUT2D eigenvalue weighted by Gasteiger charge is 2.31. The number of aromatic nitrogens is 2. The van der Waals surface area contributed by atoms with Gasteiger partial charge in [0.25, 0.3) is 11.8 Å². The Kier molecular flexibility index (Phi) is 4.25. The van der Waals surface area contributed by atoms with E-state index in [1.54, 1.807) is 19.9 Å². The van der Waals surface area contributed by atoms with Gasteiger partial charge in [-0.1, -0.05) is 0 Å². The van der Waals surface area contributed by atoms with Gasteiger partial charge in [0.2, 0.25) is 0 Å². The van der Waals surface area contributed by atoms with Crippen molar-refractivity contribution in [2.24, 2.45) is 0 Å². The van der Waals surface area contributed by atoms with E-state index in [0.29, 0.717) is 33.8 Å². The molecule has 7 nitrogen and oxygen atoms in total. The maximum Gasteiger partial charge on any atom is 0.257 e. The van der Waals surface area contributed by atoms with Crippen molar-refractivity contribution < 1.29 is 14.7 Å². The quantitative estimate of drug-likeness (QED) is 0.697. The summed E-state index contributed by atoms with van der Waals surface area (Å²) in [6.45, 7) is 8.82. The summed E-state index contributed by atoms with van der Waals surface area (Å²) in [4.78, 5) is 34.9. The van der Waals surface area contributed by atoms with Gasteiger partial charge in [0.15, 0.2) is 0 Å². The Balaban J connectivity index is 1.79. The Labute approximate surface area is 163 Å². The molecule has 4 heterocycles. The molecular weight excluding hydrogens is 356 g/mol. The van der Waals surface area contributed by atoms with Crippen LogP contribution in [0.2, 0.25) is 0 Å². The first-order valence-electron chi connectivity index (χ1n) is 9.51. The number of hydrogen-bond donors (Lipinski definition) is 3. The molecule has 0 saturated carbocycles. The molecule has 0 aliphatic carbocycles. The van der Waals surface area contributed by atoms with Gasteiger partial charge in [-0.15, -0.1) is 0 Å². The van der Waals surface area contributed by atoms with Crippen molar-refractivity contribution in [2.45, 2.75) is 40.5 Å². The second-order valence-electron chi connectivity index (χ2n) is 7.57. The number of anilines is 1. The van der Waals surface area contributed by atoms with Crippen LogP contribution < -0.4 is 5.32 Å². The van der Waals surface area contributed by atoms with Crippen LogP contribution in [0.5, 0.6) is 5.75 Å². The molecule has 2 aromatic rings. The van der Waals surface area contributed by atoms with Crippen LogP contribution in [0.4, 0.5) is 5.82 Å². The van der Waals surface area contributed by atoms with Crippen LogP contribution in [0.25, 0.3) is 11.6 Å². The number of nitrogens with zero attached hydrogens (tertiary/aromatic N) is 2. The molecule has 146 valence electrons. The SMILES string of the molecule is Cc1nc2c(c(C)c1O)C(=Cc1[nH]c(C)c(C(=O)N3CCCC3)c1C)C(=O)N2. The van der Waals surface area contributed by atoms with Crippen molar-refractivity contribution >= 4 is 29.3 Å². The van der Waals surface area contributed by atoms with E-state index in [0.717, 1.165) is 42.9 Å². The summed E-state index contributed by atoms with van der Waals surface area (Å²) >= 11 is 0. The van der Waals surface area contributed by atoms with Gasteiger partial charge in [-0.2, -0.15) is 0 Å². The standard InChI is InChI=1S/C21H24N4O3/c1-10-15(22-12(3)16(10)21(28)25-7-5-6-8-25)9-14-17-11(2)18(26)13(4)23-19(17)24-20(14)27/h9,22,26H,5-8H2,1-4H3,(H,23,24,27). The van der Waals surface area contributed by atoms with Gasteiger partial charge in [0, 0.05) is 35.6 Å². The molecule has 7 heteroatoms. The number of carbonyl (C=O) groups excluding carboxylic acids is 2. The van der Waals surface area contributed by atoms with E-state index in [2.05, 4.69) is 15.3 Å². The van der Waals surface area contributed by atoms with Crippen molar-refractivity contribution in [2.75, 3.05) is 18.4 Å². The van der Waals surface area contributed by atoms with Gasteiger partial charge in [0.05, 0.1) is 16.8 Å². The molecule has 2 aromatic heterocycles. The fourth-order valence-electron chi connectivity index (χ4n) is 4.15. The summed E-state index contributed by atoms with van der Waals surface area (Å²) in [5.74, 6) is 0.314. The van der Waals surface area contributed by atoms with Crippen LogP contribution in [-0.2, 0) is 4.79 Å². The number of aromatic hydroxyl groups is 1. The van der Waals surface area contributed by atoms with Crippen LogP contribution in [0, 0.1) is 27.7 Å². The number of hydrogen-bond acceptors (Lipinski definition) is 4. The maximum atomic E-state index is 12.9. The zero-order chi connectivity index (χ0) is 20.2. The summed E-state index contributed by atoms with van der Waals surface area (Å²) < 4.78 is 0. The monoisotopic (exact) mass is 380 g/mol. The minimum absolute atomic E-state index is 0.0378. The molecule has 2 amide bonds. The van der Waals surface area contributed by atoms with Crippen molar-refractivity contribution in [3.05, 3.63) is 39.3 Å². The first kappa shape index (κ1) is 18.3. The fraction of sp³-hybridized carbons (Fsp3) is 0.381. The Hall–Kier alpha value is -3.09. The Morgan fingerprint density at radius 2 is 1.82 bits per heavy atom. The summed E-state index contributed by atoms with van der Waals surface area (Å²) in [5, 5.41) is 13.0. The molecule has 2 aliphatic rings. The number of pyridine rings is 1. The Morgan fingerprint density at radius 1 is 1.14 bits per heavy atom. The zero-order valence-corrected chi connectivity index (χ0v) is 16.6. The predicted molar refractivity (Wildman–Crippen MR) is 107 cm³/mol. The van der Waals surface area contributed by atoms with E-state index in [-0.39, 0.29) is 17.6 Å². The molecule has 4 rings (SSSR count). The Bertz CT molecular complexity index is 1040. The minimum atomic E-state index is -0.269. The predicted octanol–water partition coefficient (Wildman–Crippen LogP) is 3.08. The molecule has 1 saturated heterocycles. The van der Waals surface area contributed by atoms with Gasteiger partial charge in [-0.05, 0) is 52.2 Å². The molecule has 2 aliphatic heterocycles. The summed E-state index contributed by atoms with van der Waals surface area (Å²) in [7, 11) is 0. The number of aryl methyl sites for hydroxylation is 2. The third-order valence-corrected chi connectivity index (χ3v) is 5.71. The molecule has 0 radical (unpaired) electrons. The van der Waals surface area contributed by atoms with Crippen LogP contribution in [0.1, 0.15) is 57.0 Å². The lowest BCUT2D eigenvalue weighted by Crippen LogP contribution is -2.28. The van der Waals surface area contributed by atoms with Gasteiger partial charge >= 0.3 is 0 Å². The number of H-pyrrole nitrogens is 1. The van der Waals surface area contributed by atoms with Gasteiger partial charge in [-0.25, -0.2) is 4.98 Å². The molecule has 0 bridgehead atoms. The number of aromatic amines is 1. The second kappa shape index (κ2) is 6.51. The van der Waals surface area contributed by atoms with Crippen molar-refractivity contribution in [1.29, 1.82) is 0 Å². The third kappa shape index (κ3) is 2.69. The van der Waals surface area contributed by atoms with E-state index in [1.807, 2.05) is 18.7 Å². The highest BCUT2D eigenvalue weighted by Crippen LogP contribution is 2.39. The first-order valence-corrected chi connectivity index (χ1v) is 9.51. The van der Waals surface area contributed by atoms with Gasteiger partial charge in [-0.3, -0.25) is 9.59 Å². The second-order valence-corrected chi connectivity index (χ2v) is 7.57. The normalized spacial score (nSPS) is 17.4. The molecule has 0 unspecified atom stereocenters. The van der Waals surface area contributed by atoms with E-state index in [4.69, 9.17) is 0 Å². The smallest absolute Gasteiger partial charge is 0.257 e. The average molecular weight is 380 g/mol. The largest absolute Gasteiger partial charge is 0.506 e. The summed E-state index contributed by atoms with van der Waals surface area (Å²) in [5.41, 5.74) is 5.13. The zero-order valence-electron chi connectivity index (χ0n) is 16.6. The number of likely N-dealkylation sites (tertiary alicyclic amines) is 1. The van der Waals surface area contributed by atoms with Crippen molar-refractivity contribution in [3.8, 4) is 5.75 Å². The minimum Gasteiger partial charge on any atom is -0.506 e. The molecule has 0 aromatic carbocycles. The van der Waals surface area contributed by atoms with Crippen molar-refractivity contribution in [3.63, 3.8) is 0 Å². The number of fused-ring (bicyclic) bond motifs is 1. The fourth-order valence-corrected chi connectivity index (χ4v) is 4.15. The van der Waals surface area contributed by atoms with Crippen LogP contribution in [-0.4, -0.2) is 44.9 Å². The molecule has 0 spiro atoms. The Morgan fingerprint density at radius 3 is 2.50 bits per heavy atom. The van der Waals surface area contributed by atoms with Crippen LogP contribution in [0.3, 0.4) is 0 Å². The maximum absolute atomic E-state index is 12.9. The average Bonchev–Trinajstić information content (AvgIpc) is 3.34. The van der Waals surface area contributed by atoms with E-state index in [1.165, 1.54) is 0 Å². The molecular formula is C21H24N4O3. The highest BCUT2D eigenvalue weighted by molar-refractivity contribution is 6.35. The van der Waals surface area contributed by atoms with Crippen LogP contribution >= 0.6 is 0 Å². The summed E-state index contributed by atoms with van der Waals surface area (Å²) in [6, 6.07) is 0. The number of nitrogens with one attached hydrogen (secondary N) is 2. The van der Waals surface area contributed by atoms with Crippen LogP contribution in [0.15, 0.2) is 0 Å². The van der Waals surface area contributed by atoms with Crippen molar-refractivity contribution in [1.82, 2.24) is 14.9 Å². The lowest BCUT2D eigenvalue weighted by atomic mass is 10.00. The van der Waals surface area contributed by atoms with E-state index in [9.17, 15) is 14.7 Å². The lowest BCUT2D eigenvalue weighted by molar-refractivity contribution is -0.110. The summed E-state index contributed by atoms with van der Waals surface area (Å²) in [6.07, 6.45) is 3.82. The molecule has 0 atom stereocenters. The van der Waals surface area contributed by atoms with Gasteiger partial charge < -0.3 is 20.3 Å². The number of carbonyl (C=O) groups is 2. The lowest BCUT2D eigenvalue weighted by Gasteiger charge is -2.15.